The molecule has 108 valence electrons. The molecule has 1 heterocycles. The number of carbonyl (C=O) groups is 1. The highest BCUT2D eigenvalue weighted by Gasteiger charge is 2.19. The molecule has 1 aliphatic rings. The highest BCUT2D eigenvalue weighted by molar-refractivity contribution is 5.97. The van der Waals surface area contributed by atoms with Gasteiger partial charge in [0.25, 0.3) is 5.91 Å². The summed E-state index contributed by atoms with van der Waals surface area (Å²) >= 11 is 0. The molecule has 0 spiro atoms. The van der Waals surface area contributed by atoms with Crippen LogP contribution < -0.4 is 10.1 Å². The quantitative estimate of drug-likeness (QED) is 0.888. The van der Waals surface area contributed by atoms with Crippen molar-refractivity contribution in [2.75, 3.05) is 13.2 Å². The average Bonchev–Trinajstić information content (AvgIpc) is 2.69. The lowest BCUT2D eigenvalue weighted by atomic mass is 9.98. The Morgan fingerprint density at radius 3 is 2.62 bits per heavy atom. The van der Waals surface area contributed by atoms with Gasteiger partial charge < -0.3 is 15.2 Å². The van der Waals surface area contributed by atoms with Crippen molar-refractivity contribution in [1.29, 1.82) is 0 Å². The van der Waals surface area contributed by atoms with Gasteiger partial charge in [0.1, 0.15) is 18.5 Å². The molecule has 0 radical (unpaired) electrons. The third-order valence-corrected chi connectivity index (χ3v) is 3.60. The van der Waals surface area contributed by atoms with Crippen LogP contribution in [0.1, 0.15) is 33.2 Å². The van der Waals surface area contributed by atoms with Gasteiger partial charge in [0, 0.05) is 0 Å². The summed E-state index contributed by atoms with van der Waals surface area (Å²) in [5.74, 6) is 0.394. The van der Waals surface area contributed by atoms with Gasteiger partial charge in [0.05, 0.1) is 12.1 Å². The third kappa shape index (κ3) is 2.76. The molecule has 1 amide bonds. The van der Waals surface area contributed by atoms with Gasteiger partial charge in [-0.15, -0.1) is 0 Å². The first kappa shape index (κ1) is 13.6. The maximum absolute atomic E-state index is 12.0. The molecule has 0 fully saturated rings. The van der Waals surface area contributed by atoms with Crippen molar-refractivity contribution >= 4 is 5.91 Å². The van der Waals surface area contributed by atoms with Crippen LogP contribution in [-0.2, 0) is 0 Å². The van der Waals surface area contributed by atoms with E-state index in [-0.39, 0.29) is 5.91 Å². The van der Waals surface area contributed by atoms with Crippen molar-refractivity contribution in [3.05, 3.63) is 64.7 Å². The summed E-state index contributed by atoms with van der Waals surface area (Å²) in [6, 6.07) is 12.9. The number of amides is 1. The van der Waals surface area contributed by atoms with E-state index in [1.807, 2.05) is 31.2 Å². The van der Waals surface area contributed by atoms with Crippen molar-refractivity contribution in [2.45, 2.75) is 13.0 Å². The van der Waals surface area contributed by atoms with E-state index in [1.165, 1.54) is 0 Å². The van der Waals surface area contributed by atoms with Crippen molar-refractivity contribution < 1.29 is 14.6 Å². The Kier molecular flexibility index (Phi) is 3.62. The monoisotopic (exact) mass is 283 g/mol. The molecule has 4 nitrogen and oxygen atoms in total. The Morgan fingerprint density at radius 1 is 1.14 bits per heavy atom. The van der Waals surface area contributed by atoms with Crippen LogP contribution in [-0.4, -0.2) is 24.2 Å². The molecule has 3 rings (SSSR count). The van der Waals surface area contributed by atoms with E-state index in [9.17, 15) is 9.90 Å². The summed E-state index contributed by atoms with van der Waals surface area (Å²) in [7, 11) is 0. The minimum atomic E-state index is -0.757. The first-order valence-electron chi connectivity index (χ1n) is 6.95. The highest BCUT2D eigenvalue weighted by atomic mass is 16.5. The zero-order valence-corrected chi connectivity index (χ0v) is 11.8. The lowest BCUT2D eigenvalue weighted by molar-refractivity contribution is 0.0957. The highest BCUT2D eigenvalue weighted by Crippen LogP contribution is 2.28. The van der Waals surface area contributed by atoms with Crippen LogP contribution in [0, 0.1) is 6.92 Å². The number of benzene rings is 2. The molecule has 2 N–H and O–H groups in total. The fraction of sp³-hybridized carbons (Fsp3) is 0.235. The van der Waals surface area contributed by atoms with Gasteiger partial charge in [0.2, 0.25) is 0 Å². The number of rotatable bonds is 2. The molecule has 4 heteroatoms. The summed E-state index contributed by atoms with van der Waals surface area (Å²) in [6.07, 6.45) is -0.757. The van der Waals surface area contributed by atoms with Crippen LogP contribution in [0.5, 0.6) is 5.75 Å². The maximum atomic E-state index is 12.0. The first-order chi connectivity index (χ1) is 10.1. The SMILES string of the molecule is Cc1ccc(C(O)c2ccc3c(c2)C(=O)NCCO3)cc1. The molecule has 0 bridgehead atoms. The summed E-state index contributed by atoms with van der Waals surface area (Å²) < 4.78 is 5.51. The number of hydrogen-bond acceptors (Lipinski definition) is 3. The second kappa shape index (κ2) is 5.58. The number of aryl methyl sites for hydroxylation is 1. The number of nitrogens with one attached hydrogen (secondary N) is 1. The molecular weight excluding hydrogens is 266 g/mol. The van der Waals surface area contributed by atoms with E-state index in [1.54, 1.807) is 18.2 Å². The molecule has 2 aromatic rings. The molecule has 0 aromatic heterocycles. The standard InChI is InChI=1S/C17H17NO3/c1-11-2-4-12(5-3-11)16(19)13-6-7-15-14(10-13)17(20)18-8-9-21-15/h2-7,10,16,19H,8-9H2,1H3,(H,18,20). The molecule has 1 atom stereocenters. The normalized spacial score (nSPS) is 15.4. The van der Waals surface area contributed by atoms with Gasteiger partial charge in [-0.05, 0) is 30.2 Å². The summed E-state index contributed by atoms with van der Waals surface area (Å²) in [5.41, 5.74) is 3.09. The smallest absolute Gasteiger partial charge is 0.255 e. The fourth-order valence-electron chi connectivity index (χ4n) is 2.38. The Hall–Kier alpha value is -2.33. The molecule has 0 saturated carbocycles. The molecule has 1 unspecified atom stereocenters. The number of hydrogen-bond donors (Lipinski definition) is 2. The predicted octanol–water partition coefficient (Wildman–Crippen LogP) is 2.20. The number of fused-ring (bicyclic) bond motifs is 1. The van der Waals surface area contributed by atoms with E-state index >= 15 is 0 Å². The van der Waals surface area contributed by atoms with Crippen molar-refractivity contribution in [3.8, 4) is 5.75 Å². The van der Waals surface area contributed by atoms with E-state index in [2.05, 4.69) is 5.32 Å². The minimum Gasteiger partial charge on any atom is -0.491 e. The fourth-order valence-corrected chi connectivity index (χ4v) is 2.38. The van der Waals surface area contributed by atoms with Gasteiger partial charge in [-0.3, -0.25) is 4.79 Å². The van der Waals surface area contributed by atoms with Gasteiger partial charge in [-0.25, -0.2) is 0 Å². The Morgan fingerprint density at radius 2 is 1.86 bits per heavy atom. The van der Waals surface area contributed by atoms with Gasteiger partial charge in [0.15, 0.2) is 0 Å². The third-order valence-electron chi connectivity index (χ3n) is 3.60. The van der Waals surface area contributed by atoms with Crippen LogP contribution in [0.15, 0.2) is 42.5 Å². The summed E-state index contributed by atoms with van der Waals surface area (Å²) in [6.45, 7) is 2.95. The summed E-state index contributed by atoms with van der Waals surface area (Å²) in [4.78, 5) is 12.0. The second-order valence-electron chi connectivity index (χ2n) is 5.17. The van der Waals surface area contributed by atoms with Crippen LogP contribution in [0.2, 0.25) is 0 Å². The maximum Gasteiger partial charge on any atom is 0.255 e. The molecule has 0 saturated heterocycles. The van der Waals surface area contributed by atoms with Crippen LogP contribution in [0.3, 0.4) is 0 Å². The van der Waals surface area contributed by atoms with E-state index in [4.69, 9.17) is 4.74 Å². The molecule has 2 aromatic carbocycles. The summed E-state index contributed by atoms with van der Waals surface area (Å²) in [5, 5.41) is 13.2. The lowest BCUT2D eigenvalue weighted by Crippen LogP contribution is -2.24. The largest absolute Gasteiger partial charge is 0.491 e. The average molecular weight is 283 g/mol. The van der Waals surface area contributed by atoms with Gasteiger partial charge in [-0.1, -0.05) is 35.9 Å². The van der Waals surface area contributed by atoms with Gasteiger partial charge in [-0.2, -0.15) is 0 Å². The van der Waals surface area contributed by atoms with E-state index < -0.39 is 6.10 Å². The number of aliphatic hydroxyl groups excluding tert-OH is 1. The van der Waals surface area contributed by atoms with Crippen LogP contribution >= 0.6 is 0 Å². The Balaban J connectivity index is 1.96. The molecule has 0 aliphatic carbocycles. The lowest BCUT2D eigenvalue weighted by Gasteiger charge is -2.14. The number of carbonyl (C=O) groups excluding carboxylic acids is 1. The van der Waals surface area contributed by atoms with Crippen LogP contribution in [0.4, 0.5) is 0 Å². The van der Waals surface area contributed by atoms with Gasteiger partial charge >= 0.3 is 0 Å². The number of aliphatic hydroxyl groups is 1. The Bertz CT molecular complexity index is 664. The van der Waals surface area contributed by atoms with E-state index in [0.29, 0.717) is 30.0 Å². The zero-order valence-electron chi connectivity index (χ0n) is 11.8. The topological polar surface area (TPSA) is 58.6 Å². The molecule has 21 heavy (non-hydrogen) atoms. The molecular formula is C17H17NO3. The van der Waals surface area contributed by atoms with Crippen molar-refractivity contribution in [2.24, 2.45) is 0 Å². The molecule has 1 aliphatic heterocycles. The number of ether oxygens (including phenoxy) is 1. The van der Waals surface area contributed by atoms with E-state index in [0.717, 1.165) is 11.1 Å². The second-order valence-corrected chi connectivity index (χ2v) is 5.17. The predicted molar refractivity (Wildman–Crippen MR) is 79.5 cm³/mol. The zero-order chi connectivity index (χ0) is 14.8. The minimum absolute atomic E-state index is 0.166. The Labute approximate surface area is 123 Å². The first-order valence-corrected chi connectivity index (χ1v) is 6.95. The van der Waals surface area contributed by atoms with Crippen molar-refractivity contribution in [1.82, 2.24) is 5.32 Å². The van der Waals surface area contributed by atoms with Crippen LogP contribution in [0.25, 0.3) is 0 Å². The van der Waals surface area contributed by atoms with Crippen molar-refractivity contribution in [3.63, 3.8) is 0 Å².